The predicted molar refractivity (Wildman–Crippen MR) is 99.3 cm³/mol. The van der Waals surface area contributed by atoms with Crippen LogP contribution in [0.2, 0.25) is 0 Å². The number of quaternary nitrogens is 1. The average molecular weight is 361 g/mol. The molecule has 2 saturated heterocycles. The number of carbonyl (C=O) groups excluding carboxylic acids is 2. The first-order chi connectivity index (χ1) is 12.6. The van der Waals surface area contributed by atoms with Gasteiger partial charge in [0.05, 0.1) is 44.9 Å². The maximum atomic E-state index is 12.6. The van der Waals surface area contributed by atoms with Gasteiger partial charge in [-0.2, -0.15) is 0 Å². The van der Waals surface area contributed by atoms with Crippen molar-refractivity contribution < 1.29 is 19.2 Å². The van der Waals surface area contributed by atoms with Crippen LogP contribution in [0.3, 0.4) is 0 Å². The fourth-order valence-electron chi connectivity index (χ4n) is 3.89. The number of methoxy groups -OCH3 is 1. The van der Waals surface area contributed by atoms with Crippen molar-refractivity contribution in [2.75, 3.05) is 57.8 Å². The van der Waals surface area contributed by atoms with Gasteiger partial charge in [-0.1, -0.05) is 12.1 Å². The van der Waals surface area contributed by atoms with Crippen LogP contribution < -0.4 is 20.3 Å². The summed E-state index contributed by atoms with van der Waals surface area (Å²) < 4.78 is 5.45. The number of benzene rings is 1. The lowest BCUT2D eigenvalue weighted by atomic mass is 9.97. The molecule has 2 aliphatic heterocycles. The first-order valence-electron chi connectivity index (χ1n) is 9.37. The molecule has 0 bridgehead atoms. The van der Waals surface area contributed by atoms with Crippen LogP contribution >= 0.6 is 0 Å². The predicted octanol–water partition coefficient (Wildman–Crippen LogP) is -0.876. The van der Waals surface area contributed by atoms with E-state index in [0.717, 1.165) is 57.0 Å². The van der Waals surface area contributed by atoms with Crippen LogP contribution in [0.15, 0.2) is 24.3 Å². The molecule has 2 heterocycles. The molecule has 3 rings (SSSR count). The lowest BCUT2D eigenvalue weighted by Crippen LogP contribution is -3.16. The summed E-state index contributed by atoms with van der Waals surface area (Å²) in [7, 11) is 1.69. The highest BCUT2D eigenvalue weighted by atomic mass is 16.5. The maximum absolute atomic E-state index is 12.6. The highest BCUT2D eigenvalue weighted by Gasteiger charge is 2.30. The number of nitrogens with zero attached hydrogens (tertiary/aromatic N) is 2. The number of ether oxygens (including phenoxy) is 1. The molecule has 0 radical (unpaired) electrons. The van der Waals surface area contributed by atoms with Crippen molar-refractivity contribution in [1.29, 1.82) is 0 Å². The van der Waals surface area contributed by atoms with Crippen LogP contribution in [-0.4, -0.2) is 69.6 Å². The largest absolute Gasteiger partial charge is 0.495 e. The summed E-state index contributed by atoms with van der Waals surface area (Å²) in [6.45, 7) is 5.33. The number of anilines is 1. The Morgan fingerprint density at radius 3 is 2.65 bits per heavy atom. The van der Waals surface area contributed by atoms with Gasteiger partial charge in [0.15, 0.2) is 6.54 Å². The van der Waals surface area contributed by atoms with E-state index in [-0.39, 0.29) is 17.7 Å². The third kappa shape index (κ3) is 4.27. The summed E-state index contributed by atoms with van der Waals surface area (Å²) in [5, 5.41) is 0. The molecule has 0 spiro atoms. The number of nitrogens with one attached hydrogen (secondary N) is 1. The molecule has 1 aromatic carbocycles. The fraction of sp³-hybridized carbons (Fsp3) is 0.579. The normalized spacial score (nSPS) is 21.5. The topological polar surface area (TPSA) is 80.3 Å². The van der Waals surface area contributed by atoms with Crippen LogP contribution in [0, 0.1) is 5.92 Å². The molecule has 142 valence electrons. The molecule has 7 nitrogen and oxygen atoms in total. The minimum atomic E-state index is -0.291. The third-order valence-electron chi connectivity index (χ3n) is 5.47. The highest BCUT2D eigenvalue weighted by molar-refractivity contribution is 5.80. The second-order valence-corrected chi connectivity index (χ2v) is 7.17. The van der Waals surface area contributed by atoms with Crippen molar-refractivity contribution in [3.63, 3.8) is 0 Å². The Hall–Kier alpha value is -2.28. The second kappa shape index (κ2) is 8.40. The average Bonchev–Trinajstić information content (AvgIpc) is 2.68. The van der Waals surface area contributed by atoms with Gasteiger partial charge in [0.25, 0.3) is 5.91 Å². The Morgan fingerprint density at radius 2 is 1.96 bits per heavy atom. The number of carbonyl (C=O) groups is 2. The molecular formula is C19H29N4O3+. The number of piperazine rings is 1. The summed E-state index contributed by atoms with van der Waals surface area (Å²) in [6.07, 6.45) is 1.65. The van der Waals surface area contributed by atoms with Gasteiger partial charge < -0.3 is 25.2 Å². The molecule has 26 heavy (non-hydrogen) atoms. The Kier molecular flexibility index (Phi) is 5.98. The van der Waals surface area contributed by atoms with Crippen LogP contribution in [-0.2, 0) is 9.59 Å². The van der Waals surface area contributed by atoms with Crippen molar-refractivity contribution in [2.45, 2.75) is 12.8 Å². The molecule has 0 unspecified atom stereocenters. The Balaban J connectivity index is 1.51. The molecule has 0 aliphatic carbocycles. The zero-order valence-electron chi connectivity index (χ0n) is 15.4. The van der Waals surface area contributed by atoms with E-state index in [0.29, 0.717) is 13.1 Å². The summed E-state index contributed by atoms with van der Waals surface area (Å²) in [5.41, 5.74) is 6.52. The van der Waals surface area contributed by atoms with Gasteiger partial charge in [0.1, 0.15) is 5.75 Å². The standard InChI is InChI=1S/C19H28N4O3/c1-26-17-7-3-2-6-16(17)22-11-9-21(10-12-22)14-18(24)23-8-4-5-15(13-23)19(20)25/h2-3,6-7,15H,4-5,8-14H2,1H3,(H2,20,25)/p+1/t15-/m1/s1. The Bertz CT molecular complexity index is 643. The first kappa shape index (κ1) is 18.5. The molecule has 7 heteroatoms. The van der Waals surface area contributed by atoms with E-state index in [1.54, 1.807) is 7.11 Å². The summed E-state index contributed by atoms with van der Waals surface area (Å²) in [4.78, 5) is 29.4. The van der Waals surface area contributed by atoms with E-state index in [1.165, 1.54) is 4.90 Å². The smallest absolute Gasteiger partial charge is 0.277 e. The molecule has 1 aromatic rings. The second-order valence-electron chi connectivity index (χ2n) is 7.17. The lowest BCUT2D eigenvalue weighted by molar-refractivity contribution is -0.892. The van der Waals surface area contributed by atoms with E-state index in [2.05, 4.69) is 11.0 Å². The minimum Gasteiger partial charge on any atom is -0.495 e. The molecule has 1 atom stereocenters. The third-order valence-corrected chi connectivity index (χ3v) is 5.47. The zero-order valence-corrected chi connectivity index (χ0v) is 15.4. The first-order valence-corrected chi connectivity index (χ1v) is 9.37. The summed E-state index contributed by atoms with van der Waals surface area (Å²) >= 11 is 0. The summed E-state index contributed by atoms with van der Waals surface area (Å²) in [5.74, 6) is 0.542. The van der Waals surface area contributed by atoms with Crippen molar-refractivity contribution in [3.05, 3.63) is 24.3 Å². The minimum absolute atomic E-state index is 0.136. The van der Waals surface area contributed by atoms with Gasteiger partial charge in [-0.25, -0.2) is 0 Å². The van der Waals surface area contributed by atoms with Crippen molar-refractivity contribution in [3.8, 4) is 5.75 Å². The van der Waals surface area contributed by atoms with E-state index in [1.807, 2.05) is 23.1 Å². The van der Waals surface area contributed by atoms with Crippen LogP contribution in [0.5, 0.6) is 5.75 Å². The van der Waals surface area contributed by atoms with E-state index < -0.39 is 0 Å². The van der Waals surface area contributed by atoms with Gasteiger partial charge in [-0.05, 0) is 25.0 Å². The molecule has 3 N–H and O–H groups in total. The van der Waals surface area contributed by atoms with E-state index in [9.17, 15) is 9.59 Å². The number of likely N-dealkylation sites (tertiary alicyclic amines) is 1. The van der Waals surface area contributed by atoms with Crippen molar-refractivity contribution >= 4 is 17.5 Å². The molecule has 0 aromatic heterocycles. The number of amides is 2. The Morgan fingerprint density at radius 1 is 1.23 bits per heavy atom. The SMILES string of the molecule is COc1ccccc1N1CC[NH+](CC(=O)N2CCC[C@@H](C(N)=O)C2)CC1. The lowest BCUT2D eigenvalue weighted by Gasteiger charge is -2.36. The number of piperidine rings is 1. The monoisotopic (exact) mass is 361 g/mol. The molecule has 2 amide bonds. The van der Waals surface area contributed by atoms with Gasteiger partial charge in [0.2, 0.25) is 5.91 Å². The number of primary amides is 1. The van der Waals surface area contributed by atoms with Crippen molar-refractivity contribution in [2.24, 2.45) is 11.7 Å². The van der Waals surface area contributed by atoms with Gasteiger partial charge in [-0.3, -0.25) is 9.59 Å². The quantitative estimate of drug-likeness (QED) is 0.714. The highest BCUT2D eigenvalue weighted by Crippen LogP contribution is 2.27. The number of hydrogen-bond acceptors (Lipinski definition) is 4. The maximum Gasteiger partial charge on any atom is 0.277 e. The van der Waals surface area contributed by atoms with Gasteiger partial charge >= 0.3 is 0 Å². The number of rotatable bonds is 5. The number of nitrogens with two attached hydrogens (primary N) is 1. The van der Waals surface area contributed by atoms with Crippen LogP contribution in [0.25, 0.3) is 0 Å². The molecule has 0 saturated carbocycles. The van der Waals surface area contributed by atoms with Gasteiger partial charge in [-0.15, -0.1) is 0 Å². The van der Waals surface area contributed by atoms with Gasteiger partial charge in [0, 0.05) is 13.1 Å². The summed E-state index contributed by atoms with van der Waals surface area (Å²) in [6, 6.07) is 8.04. The molecular weight excluding hydrogens is 332 g/mol. The number of hydrogen-bond donors (Lipinski definition) is 2. The van der Waals surface area contributed by atoms with E-state index >= 15 is 0 Å². The Labute approximate surface area is 154 Å². The molecule has 2 fully saturated rings. The van der Waals surface area contributed by atoms with Crippen LogP contribution in [0.1, 0.15) is 12.8 Å². The zero-order chi connectivity index (χ0) is 18.5. The van der Waals surface area contributed by atoms with E-state index in [4.69, 9.17) is 10.5 Å². The molecule has 2 aliphatic rings. The number of para-hydroxylation sites is 2. The van der Waals surface area contributed by atoms with Crippen LogP contribution in [0.4, 0.5) is 5.69 Å². The fourth-order valence-corrected chi connectivity index (χ4v) is 3.89. The van der Waals surface area contributed by atoms with Crippen molar-refractivity contribution in [1.82, 2.24) is 4.90 Å².